The second-order valence-corrected chi connectivity index (χ2v) is 7.41. The third-order valence-corrected chi connectivity index (χ3v) is 5.83. The van der Waals surface area contributed by atoms with Gasteiger partial charge < -0.3 is 5.32 Å². The van der Waals surface area contributed by atoms with Crippen LogP contribution < -0.4 is 5.32 Å². The molecule has 4 nitrogen and oxygen atoms in total. The summed E-state index contributed by atoms with van der Waals surface area (Å²) in [4.78, 5) is 2.67. The number of halogens is 1. The summed E-state index contributed by atoms with van der Waals surface area (Å²) in [5.74, 6) is 0.585. The maximum atomic E-state index is 6.29. The van der Waals surface area contributed by atoms with Crippen molar-refractivity contribution in [2.75, 3.05) is 26.2 Å². The number of aromatic nitrogens is 2. The van der Waals surface area contributed by atoms with Gasteiger partial charge in [-0.05, 0) is 57.5 Å². The lowest BCUT2D eigenvalue weighted by atomic mass is 9.91. The highest BCUT2D eigenvalue weighted by molar-refractivity contribution is 6.33. The summed E-state index contributed by atoms with van der Waals surface area (Å²) in [6.45, 7) is 4.73. The summed E-state index contributed by atoms with van der Waals surface area (Å²) in [5, 5.41) is 12.0. The zero-order chi connectivity index (χ0) is 16.4. The number of piperidine rings is 2. The highest BCUT2D eigenvalue weighted by atomic mass is 35.5. The fourth-order valence-corrected chi connectivity index (χ4v) is 4.31. The maximum absolute atomic E-state index is 6.29. The number of hydrogen-bond donors (Lipinski definition) is 2. The van der Waals surface area contributed by atoms with Crippen molar-refractivity contribution in [3.8, 4) is 11.3 Å². The summed E-state index contributed by atoms with van der Waals surface area (Å²) in [6.07, 6.45) is 5.08. The standard InChI is InChI=1S/C19H25ClN4/c20-17-6-2-1-5-16(17)19-12-18(22-23-19)14-7-10-24(11-8-14)15-4-3-9-21-13-15/h1-2,5-6,12,14-15,21H,3-4,7-11,13H2,(H,22,23)/t15-/m0/s1. The van der Waals surface area contributed by atoms with E-state index in [-0.39, 0.29) is 0 Å². The zero-order valence-corrected chi connectivity index (χ0v) is 14.7. The first-order chi connectivity index (χ1) is 11.8. The van der Waals surface area contributed by atoms with Gasteiger partial charge in [0.1, 0.15) is 0 Å². The highest BCUT2D eigenvalue weighted by Gasteiger charge is 2.27. The number of hydrogen-bond acceptors (Lipinski definition) is 3. The topological polar surface area (TPSA) is 44.0 Å². The van der Waals surface area contributed by atoms with Crippen molar-refractivity contribution >= 4 is 11.6 Å². The Kier molecular flexibility index (Phi) is 4.88. The summed E-state index contributed by atoms with van der Waals surface area (Å²) >= 11 is 6.29. The van der Waals surface area contributed by atoms with E-state index in [2.05, 4.69) is 26.5 Å². The molecule has 24 heavy (non-hydrogen) atoms. The van der Waals surface area contributed by atoms with E-state index in [0.29, 0.717) is 5.92 Å². The van der Waals surface area contributed by atoms with E-state index in [9.17, 15) is 0 Å². The molecule has 1 aromatic carbocycles. The van der Waals surface area contributed by atoms with Gasteiger partial charge >= 0.3 is 0 Å². The molecule has 0 unspecified atom stereocenters. The van der Waals surface area contributed by atoms with Crippen LogP contribution in [0.4, 0.5) is 0 Å². The second kappa shape index (κ2) is 7.26. The van der Waals surface area contributed by atoms with Crippen LogP contribution in [0.2, 0.25) is 5.02 Å². The molecule has 2 fully saturated rings. The van der Waals surface area contributed by atoms with Crippen LogP contribution in [0.3, 0.4) is 0 Å². The highest BCUT2D eigenvalue weighted by Crippen LogP contribution is 2.32. The van der Waals surface area contributed by atoms with Gasteiger partial charge in [-0.1, -0.05) is 29.8 Å². The molecule has 0 amide bonds. The molecule has 0 bridgehead atoms. The molecule has 2 saturated heterocycles. The molecule has 2 aliphatic rings. The van der Waals surface area contributed by atoms with Crippen LogP contribution in [0.15, 0.2) is 30.3 Å². The summed E-state index contributed by atoms with van der Waals surface area (Å²) in [5.41, 5.74) is 3.22. The third-order valence-electron chi connectivity index (χ3n) is 5.50. The Morgan fingerprint density at radius 2 is 1.96 bits per heavy atom. The molecule has 2 N–H and O–H groups in total. The van der Waals surface area contributed by atoms with Gasteiger partial charge in [0.25, 0.3) is 0 Å². The molecular weight excluding hydrogens is 320 g/mol. The van der Waals surface area contributed by atoms with Gasteiger partial charge in [-0.2, -0.15) is 5.10 Å². The first-order valence-electron chi connectivity index (χ1n) is 9.06. The number of nitrogens with zero attached hydrogens (tertiary/aromatic N) is 2. The summed E-state index contributed by atoms with van der Waals surface area (Å²) in [6, 6.07) is 10.8. The third kappa shape index (κ3) is 3.37. The zero-order valence-electron chi connectivity index (χ0n) is 14.0. The predicted molar refractivity (Wildman–Crippen MR) is 98.5 cm³/mol. The normalized spacial score (nSPS) is 23.5. The van der Waals surface area contributed by atoms with Crippen molar-refractivity contribution in [2.45, 2.75) is 37.6 Å². The number of rotatable bonds is 3. The van der Waals surface area contributed by atoms with Crippen molar-refractivity contribution in [1.29, 1.82) is 0 Å². The Morgan fingerprint density at radius 1 is 1.12 bits per heavy atom. The number of likely N-dealkylation sites (tertiary alicyclic amines) is 1. The van der Waals surface area contributed by atoms with E-state index < -0.39 is 0 Å². The lowest BCUT2D eigenvalue weighted by Gasteiger charge is -2.39. The van der Waals surface area contributed by atoms with Gasteiger partial charge in [-0.3, -0.25) is 10.00 Å². The minimum absolute atomic E-state index is 0.585. The number of benzene rings is 1. The predicted octanol–water partition coefficient (Wildman–Crippen LogP) is 3.66. The molecule has 128 valence electrons. The second-order valence-electron chi connectivity index (χ2n) is 7.00. The van der Waals surface area contributed by atoms with Gasteiger partial charge in [0.05, 0.1) is 10.7 Å². The lowest BCUT2D eigenvalue weighted by Crippen LogP contribution is -2.48. The largest absolute Gasteiger partial charge is 0.315 e. The fraction of sp³-hybridized carbons (Fsp3) is 0.526. The Balaban J connectivity index is 1.40. The van der Waals surface area contributed by atoms with E-state index in [4.69, 9.17) is 11.6 Å². The molecule has 1 aromatic heterocycles. The summed E-state index contributed by atoms with van der Waals surface area (Å²) in [7, 11) is 0. The average Bonchev–Trinajstić information content (AvgIpc) is 3.13. The van der Waals surface area contributed by atoms with Gasteiger partial charge in [-0.25, -0.2) is 0 Å². The SMILES string of the molecule is Clc1ccccc1-c1cc(C2CCN([C@H]3CCCNC3)CC2)[nH]n1. The quantitative estimate of drug-likeness (QED) is 0.893. The van der Waals surface area contributed by atoms with Gasteiger partial charge in [0.2, 0.25) is 0 Å². The van der Waals surface area contributed by atoms with E-state index in [1.54, 1.807) is 0 Å². The molecule has 5 heteroatoms. The average molecular weight is 345 g/mol. The molecule has 1 atom stereocenters. The van der Waals surface area contributed by atoms with Crippen LogP contribution in [0.1, 0.15) is 37.3 Å². The Labute approximate surface area is 148 Å². The fourth-order valence-electron chi connectivity index (χ4n) is 4.07. The molecule has 0 aliphatic carbocycles. The van der Waals surface area contributed by atoms with Gasteiger partial charge in [-0.15, -0.1) is 0 Å². The maximum Gasteiger partial charge on any atom is 0.0938 e. The van der Waals surface area contributed by atoms with Crippen LogP contribution in [-0.4, -0.2) is 47.3 Å². The Bertz CT molecular complexity index is 670. The molecule has 0 radical (unpaired) electrons. The molecular formula is C19H25ClN4. The Morgan fingerprint density at radius 3 is 2.71 bits per heavy atom. The van der Waals surface area contributed by atoms with E-state index >= 15 is 0 Å². The van der Waals surface area contributed by atoms with Gasteiger partial charge in [0.15, 0.2) is 0 Å². The van der Waals surface area contributed by atoms with Crippen LogP contribution in [-0.2, 0) is 0 Å². The van der Waals surface area contributed by atoms with Crippen molar-refractivity contribution in [2.24, 2.45) is 0 Å². The van der Waals surface area contributed by atoms with Crippen molar-refractivity contribution in [3.63, 3.8) is 0 Å². The number of nitrogens with one attached hydrogen (secondary N) is 2. The van der Waals surface area contributed by atoms with Gasteiger partial charge in [0, 0.05) is 29.8 Å². The molecule has 2 aromatic rings. The molecule has 0 saturated carbocycles. The molecule has 3 heterocycles. The first kappa shape index (κ1) is 16.1. The molecule has 2 aliphatic heterocycles. The number of aromatic amines is 1. The van der Waals surface area contributed by atoms with Crippen molar-refractivity contribution in [1.82, 2.24) is 20.4 Å². The lowest BCUT2D eigenvalue weighted by molar-refractivity contribution is 0.129. The van der Waals surface area contributed by atoms with Crippen LogP contribution in [0.25, 0.3) is 11.3 Å². The van der Waals surface area contributed by atoms with Crippen molar-refractivity contribution < 1.29 is 0 Å². The minimum Gasteiger partial charge on any atom is -0.315 e. The van der Waals surface area contributed by atoms with E-state index in [0.717, 1.165) is 28.9 Å². The minimum atomic E-state index is 0.585. The molecule has 4 rings (SSSR count). The van der Waals surface area contributed by atoms with Crippen LogP contribution >= 0.6 is 11.6 Å². The monoisotopic (exact) mass is 344 g/mol. The first-order valence-corrected chi connectivity index (χ1v) is 9.44. The summed E-state index contributed by atoms with van der Waals surface area (Å²) < 4.78 is 0. The van der Waals surface area contributed by atoms with Crippen molar-refractivity contribution in [3.05, 3.63) is 41.0 Å². The number of H-pyrrole nitrogens is 1. The van der Waals surface area contributed by atoms with Crippen LogP contribution in [0, 0.1) is 0 Å². The van der Waals surface area contributed by atoms with Crippen LogP contribution in [0.5, 0.6) is 0 Å². The molecule has 0 spiro atoms. The smallest absolute Gasteiger partial charge is 0.0938 e. The van der Waals surface area contributed by atoms with E-state index in [1.165, 1.54) is 51.0 Å². The van der Waals surface area contributed by atoms with E-state index in [1.807, 2.05) is 24.3 Å². The Hall–Kier alpha value is -1.36.